The second-order valence-corrected chi connectivity index (χ2v) is 13.1. The van der Waals surface area contributed by atoms with Gasteiger partial charge in [-0.3, -0.25) is 0 Å². The second-order valence-electron chi connectivity index (χ2n) is 13.1. The second kappa shape index (κ2) is 8.15. The molecule has 2 N–H and O–H groups in total. The Labute approximate surface area is 192 Å². The van der Waals surface area contributed by atoms with Gasteiger partial charge in [-0.2, -0.15) is 0 Å². The average Bonchev–Trinajstić information content (AvgIpc) is 3.10. The summed E-state index contributed by atoms with van der Waals surface area (Å²) in [4.78, 5) is 0. The first-order chi connectivity index (χ1) is 14.5. The first kappa shape index (κ1) is 23.8. The van der Waals surface area contributed by atoms with E-state index in [1.54, 1.807) is 0 Å². The fraction of sp³-hybridized carbons (Fsp3) is 0.931. The summed E-state index contributed by atoms with van der Waals surface area (Å²) >= 11 is 0. The summed E-state index contributed by atoms with van der Waals surface area (Å²) in [6.45, 7) is 14.4. The minimum Gasteiger partial charge on any atom is -0.393 e. The Hall–Kier alpha value is -0.340. The maximum Gasteiger partial charge on any atom is 0.0648 e. The van der Waals surface area contributed by atoms with E-state index in [0.29, 0.717) is 34.0 Å². The summed E-state index contributed by atoms with van der Waals surface area (Å²) in [5, 5.41) is 22.0. The first-order valence-electron chi connectivity index (χ1n) is 13.6. The molecule has 0 aliphatic heterocycles. The molecule has 0 heterocycles. The third-order valence-corrected chi connectivity index (χ3v) is 12.0. The minimum absolute atomic E-state index is 0.208. The van der Waals surface area contributed by atoms with Crippen molar-refractivity contribution in [3.63, 3.8) is 0 Å². The minimum atomic E-state index is -0.405. The van der Waals surface area contributed by atoms with Gasteiger partial charge in [-0.1, -0.05) is 46.8 Å². The van der Waals surface area contributed by atoms with Gasteiger partial charge in [0.1, 0.15) is 0 Å². The van der Waals surface area contributed by atoms with Crippen LogP contribution in [0.4, 0.5) is 0 Å². The van der Waals surface area contributed by atoms with Crippen molar-refractivity contribution in [3.05, 3.63) is 12.2 Å². The molecule has 4 rings (SSSR count). The Balaban J connectivity index is 1.57. The van der Waals surface area contributed by atoms with Gasteiger partial charge in [-0.25, -0.2) is 0 Å². The molecule has 2 nitrogen and oxygen atoms in total. The van der Waals surface area contributed by atoms with E-state index >= 15 is 0 Å². The highest BCUT2D eigenvalue weighted by molar-refractivity contribution is 5.15. The van der Waals surface area contributed by atoms with E-state index in [9.17, 15) is 10.2 Å². The molecule has 0 amide bonds. The maximum atomic E-state index is 11.1. The van der Waals surface area contributed by atoms with Crippen molar-refractivity contribution in [2.75, 3.05) is 0 Å². The molecule has 4 aliphatic carbocycles. The van der Waals surface area contributed by atoms with Crippen molar-refractivity contribution in [2.45, 2.75) is 124 Å². The Morgan fingerprint density at radius 1 is 0.903 bits per heavy atom. The van der Waals surface area contributed by atoms with Crippen molar-refractivity contribution in [1.29, 1.82) is 0 Å². The molecule has 4 fully saturated rings. The number of allylic oxidation sites excluding steroid dienone is 1. The number of fused-ring (bicyclic) bond motifs is 5. The number of hydrogen-bond acceptors (Lipinski definition) is 2. The molecule has 0 aromatic heterocycles. The van der Waals surface area contributed by atoms with Crippen LogP contribution >= 0.6 is 0 Å². The molecule has 178 valence electrons. The lowest BCUT2D eigenvalue weighted by Gasteiger charge is -2.67. The summed E-state index contributed by atoms with van der Waals surface area (Å²) in [6, 6.07) is 0. The fourth-order valence-electron chi connectivity index (χ4n) is 9.98. The van der Waals surface area contributed by atoms with Crippen LogP contribution in [-0.4, -0.2) is 21.9 Å². The zero-order valence-corrected chi connectivity index (χ0v) is 21.3. The van der Waals surface area contributed by atoms with Gasteiger partial charge in [0.15, 0.2) is 0 Å². The molecule has 10 atom stereocenters. The van der Waals surface area contributed by atoms with E-state index in [2.05, 4.69) is 53.7 Å². The average molecular weight is 431 g/mol. The molecule has 0 saturated heterocycles. The quantitative estimate of drug-likeness (QED) is 0.455. The van der Waals surface area contributed by atoms with Gasteiger partial charge in [0.2, 0.25) is 0 Å². The van der Waals surface area contributed by atoms with E-state index in [-0.39, 0.29) is 6.10 Å². The van der Waals surface area contributed by atoms with Crippen molar-refractivity contribution >= 4 is 0 Å². The van der Waals surface area contributed by atoms with Gasteiger partial charge in [-0.15, -0.1) is 0 Å². The first-order valence-corrected chi connectivity index (χ1v) is 13.6. The Morgan fingerprint density at radius 2 is 1.58 bits per heavy atom. The van der Waals surface area contributed by atoms with Crippen molar-refractivity contribution in [1.82, 2.24) is 0 Å². The van der Waals surface area contributed by atoms with Gasteiger partial charge in [0.05, 0.1) is 11.7 Å². The van der Waals surface area contributed by atoms with Gasteiger partial charge in [0, 0.05) is 0 Å². The number of rotatable bonds is 5. The molecule has 2 heteroatoms. The molecule has 0 unspecified atom stereocenters. The van der Waals surface area contributed by atoms with Gasteiger partial charge in [-0.05, 0) is 123 Å². The van der Waals surface area contributed by atoms with E-state index in [4.69, 9.17) is 0 Å². The summed E-state index contributed by atoms with van der Waals surface area (Å²) < 4.78 is 0. The molecule has 0 spiro atoms. The zero-order valence-electron chi connectivity index (χ0n) is 21.3. The molecule has 0 aromatic rings. The lowest BCUT2D eigenvalue weighted by atomic mass is 9.38. The van der Waals surface area contributed by atoms with E-state index in [1.165, 1.54) is 44.9 Å². The summed E-state index contributed by atoms with van der Waals surface area (Å²) in [5.74, 6) is 3.34. The largest absolute Gasteiger partial charge is 0.393 e. The fourth-order valence-corrected chi connectivity index (χ4v) is 9.98. The lowest BCUT2D eigenvalue weighted by molar-refractivity contribution is -0.191. The van der Waals surface area contributed by atoms with Crippen LogP contribution in [0.25, 0.3) is 0 Å². The third kappa shape index (κ3) is 3.58. The summed E-state index contributed by atoms with van der Waals surface area (Å²) in [7, 11) is 0. The van der Waals surface area contributed by atoms with E-state index in [0.717, 1.165) is 37.5 Å². The van der Waals surface area contributed by atoms with Crippen molar-refractivity contribution < 1.29 is 10.2 Å². The predicted molar refractivity (Wildman–Crippen MR) is 130 cm³/mol. The maximum absolute atomic E-state index is 11.1. The topological polar surface area (TPSA) is 40.5 Å². The van der Waals surface area contributed by atoms with Crippen LogP contribution in [0, 0.1) is 45.8 Å². The van der Waals surface area contributed by atoms with Crippen LogP contribution in [-0.2, 0) is 0 Å². The number of aliphatic hydroxyl groups is 2. The third-order valence-electron chi connectivity index (χ3n) is 12.0. The number of aliphatic hydroxyl groups excluding tert-OH is 1. The summed E-state index contributed by atoms with van der Waals surface area (Å²) in [5.41, 5.74) is 0.815. The van der Waals surface area contributed by atoms with Crippen LogP contribution in [0.1, 0.15) is 112 Å². The molecule has 0 aromatic carbocycles. The zero-order chi connectivity index (χ0) is 22.7. The highest BCUT2D eigenvalue weighted by Crippen LogP contribution is 2.73. The Kier molecular flexibility index (Phi) is 6.26. The molecule has 0 radical (unpaired) electrons. The smallest absolute Gasteiger partial charge is 0.0648 e. The standard InChI is InChI=1S/C29H50O2/c1-7-9-10-23(30)20(3)22-11-12-24-27(22,5)16-14-25-26(4)17-18-29(31,8-2)19-21(26)13-15-28(24,25)6/h7,9,20-25,30-31H,8,10-19H2,1-6H3/b9-7+/t20-,21-,22+,23+,24+,25+,26-,27+,28-,29-/m0/s1. The van der Waals surface area contributed by atoms with Crippen LogP contribution < -0.4 is 0 Å². The normalized spacial score (nSPS) is 51.7. The highest BCUT2D eigenvalue weighted by Gasteiger charge is 2.66. The monoisotopic (exact) mass is 430 g/mol. The van der Waals surface area contributed by atoms with Gasteiger partial charge in [0.25, 0.3) is 0 Å². The van der Waals surface area contributed by atoms with Crippen LogP contribution in [0.3, 0.4) is 0 Å². The van der Waals surface area contributed by atoms with E-state index in [1.807, 2.05) is 0 Å². The SMILES string of the molecule is C/C=C/C[C@@H](O)[C@@H](C)[C@H]1CC[C@H]2[C@]3(C)CC[C@H]4C[C@](O)(CC)CC[C@]4(C)[C@H]3CC[C@@]21C. The van der Waals surface area contributed by atoms with Crippen LogP contribution in [0.2, 0.25) is 0 Å². The molecule has 4 saturated carbocycles. The van der Waals surface area contributed by atoms with Crippen LogP contribution in [0.5, 0.6) is 0 Å². The highest BCUT2D eigenvalue weighted by atomic mass is 16.3. The molecular formula is C29H50O2. The Morgan fingerprint density at radius 3 is 2.26 bits per heavy atom. The predicted octanol–water partition coefficient (Wildman–Crippen LogP) is 7.14. The molecular weight excluding hydrogens is 380 g/mol. The van der Waals surface area contributed by atoms with Crippen molar-refractivity contribution in [2.24, 2.45) is 45.8 Å². The molecule has 31 heavy (non-hydrogen) atoms. The lowest BCUT2D eigenvalue weighted by Crippen LogP contribution is -2.60. The van der Waals surface area contributed by atoms with Gasteiger partial charge < -0.3 is 10.2 Å². The summed E-state index contributed by atoms with van der Waals surface area (Å²) in [6.07, 6.45) is 17.0. The Bertz CT molecular complexity index is 686. The molecule has 0 bridgehead atoms. The number of hydrogen-bond donors (Lipinski definition) is 2. The van der Waals surface area contributed by atoms with Crippen LogP contribution in [0.15, 0.2) is 12.2 Å². The van der Waals surface area contributed by atoms with Gasteiger partial charge >= 0.3 is 0 Å². The molecule has 4 aliphatic rings. The van der Waals surface area contributed by atoms with E-state index < -0.39 is 5.60 Å². The van der Waals surface area contributed by atoms with Crippen molar-refractivity contribution in [3.8, 4) is 0 Å².